The molecule has 0 N–H and O–H groups in total. The first-order chi connectivity index (χ1) is 6.93. The summed E-state index contributed by atoms with van der Waals surface area (Å²) in [6.45, 7) is 0.946. The second-order valence-corrected chi connectivity index (χ2v) is 4.61. The van der Waals surface area contributed by atoms with Gasteiger partial charge >= 0.3 is 0 Å². The molecule has 0 atom stereocenters. The van der Waals surface area contributed by atoms with Crippen molar-refractivity contribution in [3.8, 4) is 0 Å². The summed E-state index contributed by atoms with van der Waals surface area (Å²) in [6, 6.07) is 0. The molecule has 0 radical (unpaired) electrons. The quantitative estimate of drug-likeness (QED) is 0.370. The van der Waals surface area contributed by atoms with E-state index in [1.807, 2.05) is 0 Å². The summed E-state index contributed by atoms with van der Waals surface area (Å²) in [7, 11) is 0. The van der Waals surface area contributed by atoms with Gasteiger partial charge in [-0.15, -0.1) is 11.6 Å². The minimum Gasteiger partial charge on any atom is -0.378 e. The van der Waals surface area contributed by atoms with Crippen LogP contribution in [0.25, 0.3) is 0 Å². The van der Waals surface area contributed by atoms with Gasteiger partial charge < -0.3 is 4.74 Å². The van der Waals surface area contributed by atoms with Crippen molar-refractivity contribution in [2.24, 2.45) is 0 Å². The summed E-state index contributed by atoms with van der Waals surface area (Å²) in [5, 5.41) is 0. The van der Waals surface area contributed by atoms with Gasteiger partial charge in [-0.1, -0.05) is 25.7 Å². The Balaban J connectivity index is 1.93. The van der Waals surface area contributed by atoms with Crippen LogP contribution in [0.4, 0.5) is 0 Å². The molecule has 0 unspecified atom stereocenters. The summed E-state index contributed by atoms with van der Waals surface area (Å²) < 4.78 is 5.87. The second-order valence-electron chi connectivity index (χ2n) is 4.23. The second kappa shape index (κ2) is 8.55. The van der Waals surface area contributed by atoms with Crippen LogP contribution < -0.4 is 0 Å². The highest BCUT2D eigenvalue weighted by atomic mass is 35.5. The molecule has 0 saturated heterocycles. The molecule has 84 valence electrons. The summed E-state index contributed by atoms with van der Waals surface area (Å²) in [5.41, 5.74) is 0. The standard InChI is InChI=1S/C12H23ClO/c13-10-6-3-7-11-14-12-8-4-1-2-5-9-12/h12H,1-11H2. The topological polar surface area (TPSA) is 9.23 Å². The van der Waals surface area contributed by atoms with Crippen LogP contribution in [-0.4, -0.2) is 18.6 Å². The number of alkyl halides is 1. The maximum Gasteiger partial charge on any atom is 0.0575 e. The van der Waals surface area contributed by atoms with Gasteiger partial charge in [0.05, 0.1) is 6.10 Å². The molecule has 1 aliphatic rings. The third-order valence-corrected chi connectivity index (χ3v) is 3.20. The predicted octanol–water partition coefficient (Wildman–Crippen LogP) is 4.13. The van der Waals surface area contributed by atoms with Crippen LogP contribution >= 0.6 is 11.6 Å². The van der Waals surface area contributed by atoms with Crippen LogP contribution in [-0.2, 0) is 4.74 Å². The van der Waals surface area contributed by atoms with Crippen LogP contribution in [0.1, 0.15) is 57.8 Å². The Bertz CT molecular complexity index is 119. The Kier molecular flexibility index (Phi) is 7.52. The van der Waals surface area contributed by atoms with Crippen molar-refractivity contribution in [2.45, 2.75) is 63.9 Å². The van der Waals surface area contributed by atoms with Crippen molar-refractivity contribution in [3.63, 3.8) is 0 Å². The van der Waals surface area contributed by atoms with E-state index in [9.17, 15) is 0 Å². The van der Waals surface area contributed by atoms with E-state index < -0.39 is 0 Å². The van der Waals surface area contributed by atoms with E-state index >= 15 is 0 Å². The van der Waals surface area contributed by atoms with Gasteiger partial charge in [0, 0.05) is 12.5 Å². The Morgan fingerprint density at radius 1 is 0.929 bits per heavy atom. The lowest BCUT2D eigenvalue weighted by Crippen LogP contribution is -2.12. The average Bonchev–Trinajstić information content (AvgIpc) is 2.46. The van der Waals surface area contributed by atoms with Gasteiger partial charge in [-0.2, -0.15) is 0 Å². The highest BCUT2D eigenvalue weighted by Gasteiger charge is 2.11. The molecule has 1 rings (SSSR count). The number of unbranched alkanes of at least 4 members (excludes halogenated alkanes) is 2. The van der Waals surface area contributed by atoms with E-state index in [1.54, 1.807) is 0 Å². The maximum atomic E-state index is 5.87. The lowest BCUT2D eigenvalue weighted by molar-refractivity contribution is 0.0409. The van der Waals surface area contributed by atoms with Crippen LogP contribution in [0.2, 0.25) is 0 Å². The molecule has 14 heavy (non-hydrogen) atoms. The van der Waals surface area contributed by atoms with Gasteiger partial charge in [0.25, 0.3) is 0 Å². The molecule has 0 aromatic carbocycles. The molecule has 0 aromatic rings. The zero-order valence-electron chi connectivity index (χ0n) is 9.14. The van der Waals surface area contributed by atoms with Gasteiger partial charge in [0.1, 0.15) is 0 Å². The van der Waals surface area contributed by atoms with Crippen molar-refractivity contribution in [1.29, 1.82) is 0 Å². The first kappa shape index (κ1) is 12.3. The molecular weight excluding hydrogens is 196 g/mol. The fraction of sp³-hybridized carbons (Fsp3) is 1.00. The summed E-state index contributed by atoms with van der Waals surface area (Å²) in [6.07, 6.45) is 12.2. The lowest BCUT2D eigenvalue weighted by atomic mass is 10.1. The van der Waals surface area contributed by atoms with Crippen molar-refractivity contribution in [2.75, 3.05) is 12.5 Å². The zero-order valence-corrected chi connectivity index (χ0v) is 9.90. The third kappa shape index (κ3) is 5.87. The summed E-state index contributed by atoms with van der Waals surface area (Å²) in [4.78, 5) is 0. The van der Waals surface area contributed by atoms with Crippen molar-refractivity contribution >= 4 is 11.6 Å². The van der Waals surface area contributed by atoms with Crippen LogP contribution in [0.5, 0.6) is 0 Å². The van der Waals surface area contributed by atoms with Gasteiger partial charge in [-0.05, 0) is 32.1 Å². The van der Waals surface area contributed by atoms with E-state index in [0.29, 0.717) is 6.10 Å². The molecule has 0 spiro atoms. The summed E-state index contributed by atoms with van der Waals surface area (Å²) >= 11 is 5.61. The molecule has 0 heterocycles. The normalized spacial score (nSPS) is 19.5. The number of ether oxygens (including phenoxy) is 1. The first-order valence-electron chi connectivity index (χ1n) is 6.11. The molecule has 2 heteroatoms. The lowest BCUT2D eigenvalue weighted by Gasteiger charge is -2.14. The van der Waals surface area contributed by atoms with Crippen LogP contribution in [0, 0.1) is 0 Å². The molecule has 0 aromatic heterocycles. The van der Waals surface area contributed by atoms with Gasteiger partial charge in [0.2, 0.25) is 0 Å². The molecule has 1 aliphatic carbocycles. The van der Waals surface area contributed by atoms with Crippen molar-refractivity contribution in [1.82, 2.24) is 0 Å². The van der Waals surface area contributed by atoms with Crippen LogP contribution in [0.3, 0.4) is 0 Å². The smallest absolute Gasteiger partial charge is 0.0575 e. The van der Waals surface area contributed by atoms with Crippen molar-refractivity contribution in [3.05, 3.63) is 0 Å². The molecule has 1 saturated carbocycles. The molecular formula is C12H23ClO. The Labute approximate surface area is 93.2 Å². The monoisotopic (exact) mass is 218 g/mol. The predicted molar refractivity (Wildman–Crippen MR) is 62.0 cm³/mol. The number of rotatable bonds is 6. The molecule has 1 nitrogen and oxygen atoms in total. The number of halogens is 1. The Morgan fingerprint density at radius 3 is 2.29 bits per heavy atom. The fourth-order valence-electron chi connectivity index (χ4n) is 2.03. The fourth-order valence-corrected chi connectivity index (χ4v) is 2.22. The maximum absolute atomic E-state index is 5.87. The minimum atomic E-state index is 0.563. The van der Waals surface area contributed by atoms with E-state index in [-0.39, 0.29) is 0 Å². The van der Waals surface area contributed by atoms with Crippen LogP contribution in [0.15, 0.2) is 0 Å². The van der Waals surface area contributed by atoms with Gasteiger partial charge in [-0.3, -0.25) is 0 Å². The Morgan fingerprint density at radius 2 is 1.64 bits per heavy atom. The average molecular weight is 219 g/mol. The number of hydrogen-bond donors (Lipinski definition) is 0. The molecule has 1 fully saturated rings. The van der Waals surface area contributed by atoms with Crippen molar-refractivity contribution < 1.29 is 4.74 Å². The Hall–Kier alpha value is 0.250. The van der Waals surface area contributed by atoms with Gasteiger partial charge in [0.15, 0.2) is 0 Å². The highest BCUT2D eigenvalue weighted by Crippen LogP contribution is 2.19. The van der Waals surface area contributed by atoms with E-state index in [1.165, 1.54) is 51.4 Å². The highest BCUT2D eigenvalue weighted by molar-refractivity contribution is 6.17. The van der Waals surface area contributed by atoms with E-state index in [4.69, 9.17) is 16.3 Å². The van der Waals surface area contributed by atoms with Gasteiger partial charge in [-0.25, -0.2) is 0 Å². The zero-order chi connectivity index (χ0) is 10.1. The SMILES string of the molecule is ClCCCCCOC1CCCCCC1. The van der Waals surface area contributed by atoms with E-state index in [0.717, 1.165) is 18.9 Å². The summed E-state index contributed by atoms with van der Waals surface area (Å²) in [5.74, 6) is 0.795. The molecule has 0 bridgehead atoms. The number of hydrogen-bond acceptors (Lipinski definition) is 1. The third-order valence-electron chi connectivity index (χ3n) is 2.93. The minimum absolute atomic E-state index is 0.563. The largest absolute Gasteiger partial charge is 0.378 e. The molecule has 0 amide bonds. The molecule has 0 aliphatic heterocycles. The van der Waals surface area contributed by atoms with E-state index in [2.05, 4.69) is 0 Å². The first-order valence-corrected chi connectivity index (χ1v) is 6.64.